The van der Waals surface area contributed by atoms with Gasteiger partial charge < -0.3 is 10.3 Å². The Kier molecular flexibility index (Phi) is 4.21. The summed E-state index contributed by atoms with van der Waals surface area (Å²) in [5.41, 5.74) is 9.97. The third kappa shape index (κ3) is 3.47. The largest absolute Gasteiger partial charge is 0.350 e. The van der Waals surface area contributed by atoms with E-state index in [0.717, 1.165) is 19.4 Å². The molecule has 0 bridgehead atoms. The van der Waals surface area contributed by atoms with E-state index in [4.69, 9.17) is 5.73 Å². The van der Waals surface area contributed by atoms with E-state index in [1.54, 1.807) is 0 Å². The zero-order chi connectivity index (χ0) is 13.0. The Balaban J connectivity index is 2.02. The summed E-state index contributed by atoms with van der Waals surface area (Å²) in [5, 5.41) is 0. The molecule has 0 aliphatic carbocycles. The first-order chi connectivity index (χ1) is 8.67. The molecule has 1 atom stereocenters. The summed E-state index contributed by atoms with van der Waals surface area (Å²) in [6.45, 7) is 5.20. The monoisotopic (exact) mass is 242 g/mol. The quantitative estimate of drug-likeness (QED) is 0.858. The van der Waals surface area contributed by atoms with Gasteiger partial charge in [-0.15, -0.1) is 0 Å². The molecule has 0 aliphatic rings. The number of aromatic nitrogens is 1. The molecule has 0 aliphatic heterocycles. The Hall–Kier alpha value is -1.54. The fourth-order valence-electron chi connectivity index (χ4n) is 2.18. The Morgan fingerprint density at radius 2 is 2.06 bits per heavy atom. The van der Waals surface area contributed by atoms with Gasteiger partial charge in [0.05, 0.1) is 0 Å². The Bertz CT molecular complexity index is 499. The van der Waals surface area contributed by atoms with Crippen LogP contribution in [0.1, 0.15) is 30.0 Å². The fourth-order valence-corrected chi connectivity index (χ4v) is 2.18. The van der Waals surface area contributed by atoms with Crippen molar-refractivity contribution in [2.45, 2.75) is 39.3 Å². The van der Waals surface area contributed by atoms with Gasteiger partial charge in [-0.3, -0.25) is 0 Å². The van der Waals surface area contributed by atoms with Gasteiger partial charge in [0.2, 0.25) is 0 Å². The van der Waals surface area contributed by atoms with Gasteiger partial charge in [-0.1, -0.05) is 36.8 Å². The lowest BCUT2D eigenvalue weighted by Crippen LogP contribution is -2.21. The molecule has 18 heavy (non-hydrogen) atoms. The summed E-state index contributed by atoms with van der Waals surface area (Å²) in [6, 6.07) is 11.1. The van der Waals surface area contributed by atoms with Crippen molar-refractivity contribution in [3.8, 4) is 0 Å². The van der Waals surface area contributed by atoms with Crippen LogP contribution in [0.5, 0.6) is 0 Å². The number of nitrogens with zero attached hydrogens (tertiary/aromatic N) is 1. The van der Waals surface area contributed by atoms with Crippen LogP contribution in [0, 0.1) is 6.92 Å². The summed E-state index contributed by atoms with van der Waals surface area (Å²) in [5.74, 6) is 0. The molecule has 2 heteroatoms. The molecule has 2 N–H and O–H groups in total. The van der Waals surface area contributed by atoms with Crippen LogP contribution in [0.2, 0.25) is 0 Å². The van der Waals surface area contributed by atoms with Crippen LogP contribution in [-0.4, -0.2) is 10.6 Å². The van der Waals surface area contributed by atoms with E-state index >= 15 is 0 Å². The summed E-state index contributed by atoms with van der Waals surface area (Å²) < 4.78 is 2.23. The van der Waals surface area contributed by atoms with E-state index in [9.17, 15) is 0 Å². The highest BCUT2D eigenvalue weighted by Crippen LogP contribution is 2.10. The second kappa shape index (κ2) is 5.87. The van der Waals surface area contributed by atoms with Crippen molar-refractivity contribution in [3.05, 3.63) is 59.4 Å². The van der Waals surface area contributed by atoms with E-state index < -0.39 is 0 Å². The SMILES string of the molecule is CCC(N)Cc1ccn(Cc2cccc(C)c2)c1. The molecule has 1 heterocycles. The molecule has 2 rings (SSSR count). The van der Waals surface area contributed by atoms with E-state index in [1.165, 1.54) is 16.7 Å². The normalized spacial score (nSPS) is 12.6. The van der Waals surface area contributed by atoms with Crippen molar-refractivity contribution >= 4 is 0 Å². The predicted octanol–water partition coefficient (Wildman–Crippen LogP) is 3.12. The van der Waals surface area contributed by atoms with Crippen LogP contribution in [0.15, 0.2) is 42.7 Å². The average molecular weight is 242 g/mol. The van der Waals surface area contributed by atoms with Crippen molar-refractivity contribution in [3.63, 3.8) is 0 Å². The minimum atomic E-state index is 0.278. The number of aryl methyl sites for hydroxylation is 1. The van der Waals surface area contributed by atoms with Crippen LogP contribution in [0.4, 0.5) is 0 Å². The molecule has 2 aromatic rings. The van der Waals surface area contributed by atoms with E-state index in [-0.39, 0.29) is 6.04 Å². The Morgan fingerprint density at radius 1 is 1.22 bits per heavy atom. The number of hydrogen-bond acceptors (Lipinski definition) is 1. The van der Waals surface area contributed by atoms with Crippen molar-refractivity contribution in [1.82, 2.24) is 4.57 Å². The minimum absolute atomic E-state index is 0.278. The van der Waals surface area contributed by atoms with Crippen molar-refractivity contribution in [1.29, 1.82) is 0 Å². The third-order valence-electron chi connectivity index (χ3n) is 3.28. The molecular weight excluding hydrogens is 220 g/mol. The first-order valence-corrected chi connectivity index (χ1v) is 6.63. The molecule has 0 radical (unpaired) electrons. The molecule has 0 fully saturated rings. The second-order valence-electron chi connectivity index (χ2n) is 5.05. The van der Waals surface area contributed by atoms with Crippen LogP contribution < -0.4 is 5.73 Å². The summed E-state index contributed by atoms with van der Waals surface area (Å²) in [6.07, 6.45) is 6.35. The number of rotatable bonds is 5. The maximum absolute atomic E-state index is 5.98. The highest BCUT2D eigenvalue weighted by molar-refractivity contribution is 5.23. The highest BCUT2D eigenvalue weighted by atomic mass is 14.9. The molecule has 0 amide bonds. The van der Waals surface area contributed by atoms with Gasteiger partial charge in [0.1, 0.15) is 0 Å². The van der Waals surface area contributed by atoms with Gasteiger partial charge in [0.15, 0.2) is 0 Å². The third-order valence-corrected chi connectivity index (χ3v) is 3.28. The molecule has 0 spiro atoms. The summed E-state index contributed by atoms with van der Waals surface area (Å²) in [4.78, 5) is 0. The molecule has 1 aromatic carbocycles. The van der Waals surface area contributed by atoms with Crippen LogP contribution in [0.3, 0.4) is 0 Å². The van der Waals surface area contributed by atoms with Crippen molar-refractivity contribution < 1.29 is 0 Å². The first-order valence-electron chi connectivity index (χ1n) is 6.63. The molecule has 1 unspecified atom stereocenters. The van der Waals surface area contributed by atoms with Crippen molar-refractivity contribution in [2.75, 3.05) is 0 Å². The summed E-state index contributed by atoms with van der Waals surface area (Å²) in [7, 11) is 0. The molecular formula is C16H22N2. The Morgan fingerprint density at radius 3 is 2.78 bits per heavy atom. The van der Waals surface area contributed by atoms with Gasteiger partial charge in [-0.25, -0.2) is 0 Å². The average Bonchev–Trinajstić information content (AvgIpc) is 2.76. The highest BCUT2D eigenvalue weighted by Gasteiger charge is 2.03. The van der Waals surface area contributed by atoms with E-state index in [1.807, 2.05) is 0 Å². The zero-order valence-electron chi connectivity index (χ0n) is 11.3. The number of benzene rings is 1. The van der Waals surface area contributed by atoms with E-state index in [2.05, 4.69) is 61.1 Å². The maximum Gasteiger partial charge on any atom is 0.0470 e. The van der Waals surface area contributed by atoms with Gasteiger partial charge in [-0.05, 0) is 37.0 Å². The first kappa shape index (κ1) is 12.9. The number of hydrogen-bond donors (Lipinski definition) is 1. The molecule has 96 valence electrons. The number of nitrogens with two attached hydrogens (primary N) is 1. The molecule has 0 saturated carbocycles. The maximum atomic E-state index is 5.98. The second-order valence-corrected chi connectivity index (χ2v) is 5.05. The van der Waals surface area contributed by atoms with E-state index in [0.29, 0.717) is 0 Å². The lowest BCUT2D eigenvalue weighted by molar-refractivity contribution is 0.645. The standard InChI is InChI=1S/C16H22N2/c1-3-16(17)10-15-7-8-18(12-15)11-14-6-4-5-13(2)9-14/h4-9,12,16H,3,10-11,17H2,1-2H3. The van der Waals surface area contributed by atoms with Crippen LogP contribution in [-0.2, 0) is 13.0 Å². The van der Waals surface area contributed by atoms with Gasteiger partial charge >= 0.3 is 0 Å². The lowest BCUT2D eigenvalue weighted by atomic mass is 10.1. The Labute approximate surface area is 109 Å². The lowest BCUT2D eigenvalue weighted by Gasteiger charge is -2.06. The van der Waals surface area contributed by atoms with Crippen molar-refractivity contribution in [2.24, 2.45) is 5.73 Å². The smallest absolute Gasteiger partial charge is 0.0470 e. The van der Waals surface area contributed by atoms with Gasteiger partial charge in [0.25, 0.3) is 0 Å². The van der Waals surface area contributed by atoms with Gasteiger partial charge in [-0.2, -0.15) is 0 Å². The summed E-state index contributed by atoms with van der Waals surface area (Å²) >= 11 is 0. The zero-order valence-corrected chi connectivity index (χ0v) is 11.3. The predicted molar refractivity (Wildman–Crippen MR) is 76.7 cm³/mol. The van der Waals surface area contributed by atoms with Crippen LogP contribution >= 0.6 is 0 Å². The fraction of sp³-hybridized carbons (Fsp3) is 0.375. The van der Waals surface area contributed by atoms with Crippen LogP contribution in [0.25, 0.3) is 0 Å². The molecule has 2 nitrogen and oxygen atoms in total. The minimum Gasteiger partial charge on any atom is -0.350 e. The molecule has 1 aromatic heterocycles. The topological polar surface area (TPSA) is 30.9 Å². The van der Waals surface area contributed by atoms with Gasteiger partial charge in [0, 0.05) is 25.0 Å². The molecule has 0 saturated heterocycles.